The lowest BCUT2D eigenvalue weighted by molar-refractivity contribution is -0.130. The number of amides is 1. The number of likely N-dealkylation sites (N-methyl/N-ethyl adjacent to an activating group) is 1. The van der Waals surface area contributed by atoms with E-state index in [-0.39, 0.29) is 5.91 Å². The van der Waals surface area contributed by atoms with Crippen LogP contribution in [-0.4, -0.2) is 69.1 Å². The molecule has 0 aromatic heterocycles. The van der Waals surface area contributed by atoms with Crippen molar-refractivity contribution in [2.75, 3.05) is 53.4 Å². The Labute approximate surface area is 126 Å². The maximum Gasteiger partial charge on any atom is 0.227 e. The summed E-state index contributed by atoms with van der Waals surface area (Å²) >= 11 is 0. The maximum absolute atomic E-state index is 12.5. The predicted molar refractivity (Wildman–Crippen MR) is 83.6 cm³/mol. The third kappa shape index (κ3) is 5.02. The monoisotopic (exact) mass is 291 g/mol. The van der Waals surface area contributed by atoms with Crippen molar-refractivity contribution in [2.24, 2.45) is 0 Å². The Morgan fingerprint density at radius 1 is 1.14 bits per heavy atom. The minimum absolute atomic E-state index is 0.192. The van der Waals surface area contributed by atoms with Crippen LogP contribution in [0.1, 0.15) is 5.56 Å². The lowest BCUT2D eigenvalue weighted by atomic mass is 10.1. The number of nitrogens with one attached hydrogen (secondary N) is 1. The van der Waals surface area contributed by atoms with Crippen molar-refractivity contribution >= 4 is 5.91 Å². The van der Waals surface area contributed by atoms with E-state index >= 15 is 0 Å². The van der Waals surface area contributed by atoms with Gasteiger partial charge < -0.3 is 19.9 Å². The number of carbonyl (C=O) groups excluding carboxylic acids is 1. The van der Waals surface area contributed by atoms with E-state index in [9.17, 15) is 4.79 Å². The van der Waals surface area contributed by atoms with E-state index in [0.717, 1.165) is 50.6 Å². The first-order chi connectivity index (χ1) is 10.2. The summed E-state index contributed by atoms with van der Waals surface area (Å²) in [5.74, 6) is 1.01. The summed E-state index contributed by atoms with van der Waals surface area (Å²) in [6, 6.07) is 7.71. The second-order valence-corrected chi connectivity index (χ2v) is 5.46. The number of methoxy groups -OCH3 is 1. The molecule has 1 amide bonds. The summed E-state index contributed by atoms with van der Waals surface area (Å²) in [7, 11) is 3.74. The van der Waals surface area contributed by atoms with E-state index in [2.05, 4.69) is 17.3 Å². The van der Waals surface area contributed by atoms with Crippen molar-refractivity contribution in [3.63, 3.8) is 0 Å². The van der Waals surface area contributed by atoms with E-state index in [1.165, 1.54) is 0 Å². The quantitative estimate of drug-likeness (QED) is 0.886. The van der Waals surface area contributed by atoms with Crippen molar-refractivity contribution in [2.45, 2.75) is 6.42 Å². The summed E-state index contributed by atoms with van der Waals surface area (Å²) in [5, 5.41) is 3.37. The molecule has 0 bridgehead atoms. The molecule has 1 aromatic rings. The molecular weight excluding hydrogens is 266 g/mol. The SMILES string of the molecule is COc1ccc(CC(=O)N2CCNCCN(C)CC2)cc1. The number of hydrogen-bond acceptors (Lipinski definition) is 4. The van der Waals surface area contributed by atoms with Gasteiger partial charge in [0.05, 0.1) is 13.5 Å². The normalized spacial score (nSPS) is 17.7. The smallest absolute Gasteiger partial charge is 0.227 e. The van der Waals surface area contributed by atoms with Gasteiger partial charge in [-0.05, 0) is 24.7 Å². The molecular formula is C16H25N3O2. The Bertz CT molecular complexity index is 447. The maximum atomic E-state index is 12.5. The molecule has 0 saturated carbocycles. The largest absolute Gasteiger partial charge is 0.497 e. The summed E-state index contributed by atoms with van der Waals surface area (Å²) in [6.07, 6.45) is 0.452. The van der Waals surface area contributed by atoms with Gasteiger partial charge in [-0.1, -0.05) is 12.1 Å². The van der Waals surface area contributed by atoms with E-state index in [1.807, 2.05) is 29.2 Å². The Morgan fingerprint density at radius 3 is 2.57 bits per heavy atom. The number of ether oxygens (including phenoxy) is 1. The number of benzene rings is 1. The van der Waals surface area contributed by atoms with Gasteiger partial charge in [-0.25, -0.2) is 0 Å². The highest BCUT2D eigenvalue weighted by atomic mass is 16.5. The van der Waals surface area contributed by atoms with Crippen LogP contribution in [0, 0.1) is 0 Å². The molecule has 0 radical (unpaired) electrons. The lowest BCUT2D eigenvalue weighted by Crippen LogP contribution is -2.39. The van der Waals surface area contributed by atoms with Crippen LogP contribution < -0.4 is 10.1 Å². The molecule has 116 valence electrons. The third-order valence-corrected chi connectivity index (χ3v) is 3.85. The van der Waals surface area contributed by atoms with Gasteiger partial charge in [0.25, 0.3) is 0 Å². The summed E-state index contributed by atoms with van der Waals surface area (Å²) < 4.78 is 5.14. The van der Waals surface area contributed by atoms with Crippen LogP contribution in [0.15, 0.2) is 24.3 Å². The van der Waals surface area contributed by atoms with Gasteiger partial charge in [0, 0.05) is 39.3 Å². The highest BCUT2D eigenvalue weighted by Gasteiger charge is 2.15. The van der Waals surface area contributed by atoms with Crippen molar-refractivity contribution in [1.82, 2.24) is 15.1 Å². The molecule has 0 aliphatic carbocycles. The summed E-state index contributed by atoms with van der Waals surface area (Å²) in [5.41, 5.74) is 1.03. The van der Waals surface area contributed by atoms with E-state index in [0.29, 0.717) is 6.42 Å². The van der Waals surface area contributed by atoms with Gasteiger partial charge in [0.1, 0.15) is 5.75 Å². The van der Waals surface area contributed by atoms with Crippen LogP contribution in [-0.2, 0) is 11.2 Å². The Hall–Kier alpha value is -1.59. The average Bonchev–Trinajstić information content (AvgIpc) is 2.60. The first kappa shape index (κ1) is 15.8. The van der Waals surface area contributed by atoms with Crippen molar-refractivity contribution in [3.05, 3.63) is 29.8 Å². The minimum Gasteiger partial charge on any atom is -0.497 e. The molecule has 1 saturated heterocycles. The van der Waals surface area contributed by atoms with E-state index < -0.39 is 0 Å². The molecule has 1 aliphatic rings. The predicted octanol–water partition coefficient (Wildman–Crippen LogP) is 0.601. The van der Waals surface area contributed by atoms with Crippen LogP contribution in [0.3, 0.4) is 0 Å². The highest BCUT2D eigenvalue weighted by Crippen LogP contribution is 2.12. The van der Waals surface area contributed by atoms with Gasteiger partial charge in [0.2, 0.25) is 5.91 Å². The number of nitrogens with zero attached hydrogens (tertiary/aromatic N) is 2. The molecule has 1 aliphatic heterocycles. The van der Waals surface area contributed by atoms with Gasteiger partial charge in [-0.15, -0.1) is 0 Å². The van der Waals surface area contributed by atoms with Gasteiger partial charge >= 0.3 is 0 Å². The molecule has 2 rings (SSSR count). The zero-order valence-electron chi connectivity index (χ0n) is 13.0. The summed E-state index contributed by atoms with van der Waals surface area (Å²) in [4.78, 5) is 16.7. The molecule has 5 nitrogen and oxygen atoms in total. The van der Waals surface area contributed by atoms with Crippen LogP contribution >= 0.6 is 0 Å². The van der Waals surface area contributed by atoms with Crippen molar-refractivity contribution in [3.8, 4) is 5.75 Å². The van der Waals surface area contributed by atoms with Crippen LogP contribution in [0.4, 0.5) is 0 Å². The van der Waals surface area contributed by atoms with Gasteiger partial charge in [-0.3, -0.25) is 4.79 Å². The molecule has 1 heterocycles. The highest BCUT2D eigenvalue weighted by molar-refractivity contribution is 5.78. The second kappa shape index (κ2) is 8.00. The minimum atomic E-state index is 0.192. The molecule has 0 spiro atoms. The first-order valence-corrected chi connectivity index (χ1v) is 7.49. The van der Waals surface area contributed by atoms with Crippen LogP contribution in [0.25, 0.3) is 0 Å². The summed E-state index contributed by atoms with van der Waals surface area (Å²) in [6.45, 7) is 5.38. The number of rotatable bonds is 3. The number of hydrogen-bond donors (Lipinski definition) is 1. The lowest BCUT2D eigenvalue weighted by Gasteiger charge is -2.24. The standard InChI is InChI=1S/C16H25N3O2/c1-18-9-7-17-8-10-19(12-11-18)16(20)13-14-3-5-15(21-2)6-4-14/h3-6,17H,7-13H2,1-2H3. The zero-order valence-corrected chi connectivity index (χ0v) is 13.0. The molecule has 5 heteroatoms. The first-order valence-electron chi connectivity index (χ1n) is 7.49. The molecule has 1 fully saturated rings. The van der Waals surface area contributed by atoms with E-state index in [4.69, 9.17) is 4.74 Å². The molecule has 0 unspecified atom stereocenters. The van der Waals surface area contributed by atoms with Crippen molar-refractivity contribution < 1.29 is 9.53 Å². The van der Waals surface area contributed by atoms with Gasteiger partial charge in [-0.2, -0.15) is 0 Å². The average molecular weight is 291 g/mol. The van der Waals surface area contributed by atoms with Crippen LogP contribution in [0.5, 0.6) is 5.75 Å². The Morgan fingerprint density at radius 2 is 1.86 bits per heavy atom. The fourth-order valence-electron chi connectivity index (χ4n) is 2.40. The fourth-order valence-corrected chi connectivity index (χ4v) is 2.40. The van der Waals surface area contributed by atoms with Gasteiger partial charge in [0.15, 0.2) is 0 Å². The Balaban J connectivity index is 1.93. The van der Waals surface area contributed by atoms with E-state index in [1.54, 1.807) is 7.11 Å². The molecule has 1 aromatic carbocycles. The fraction of sp³-hybridized carbons (Fsp3) is 0.562. The molecule has 1 N–H and O–H groups in total. The Kier molecular flexibility index (Phi) is 6.02. The zero-order chi connectivity index (χ0) is 15.1. The number of carbonyl (C=O) groups is 1. The van der Waals surface area contributed by atoms with Crippen molar-refractivity contribution in [1.29, 1.82) is 0 Å². The topological polar surface area (TPSA) is 44.8 Å². The third-order valence-electron chi connectivity index (χ3n) is 3.85. The van der Waals surface area contributed by atoms with Crippen LogP contribution in [0.2, 0.25) is 0 Å². The second-order valence-electron chi connectivity index (χ2n) is 5.46. The molecule has 21 heavy (non-hydrogen) atoms. The molecule has 0 atom stereocenters.